The normalized spacial score (nSPS) is 15.2. The van der Waals surface area contributed by atoms with E-state index < -0.39 is 5.60 Å². The van der Waals surface area contributed by atoms with Crippen LogP contribution in [0.1, 0.15) is 32.0 Å². The van der Waals surface area contributed by atoms with Crippen LogP contribution in [0.4, 0.5) is 4.79 Å². The SMILES string of the molecule is Cc1cccc2c(=O)[nH]c(-c3ccc(CN4CCN(C(=O)OC(C)(C)C)CC4)nc3)cc12. The maximum absolute atomic E-state index is 12.5. The largest absolute Gasteiger partial charge is 0.444 e. The van der Waals surface area contributed by atoms with Crippen molar-refractivity contribution in [1.29, 1.82) is 0 Å². The Kier molecular flexibility index (Phi) is 6.02. The highest BCUT2D eigenvalue weighted by molar-refractivity contribution is 5.87. The van der Waals surface area contributed by atoms with E-state index in [4.69, 9.17) is 4.74 Å². The zero-order valence-electron chi connectivity index (χ0n) is 19.1. The van der Waals surface area contributed by atoms with Crippen molar-refractivity contribution < 1.29 is 9.53 Å². The molecule has 1 N–H and O–H groups in total. The van der Waals surface area contributed by atoms with Crippen molar-refractivity contribution in [3.05, 3.63) is 64.2 Å². The standard InChI is InChI=1S/C25H30N4O3/c1-17-6-5-7-20-21(17)14-22(27-23(20)30)18-8-9-19(26-15-18)16-28-10-12-29(13-11-28)24(31)32-25(2,3)4/h5-9,14-15H,10-13,16H2,1-4H3,(H,27,30). The molecule has 0 bridgehead atoms. The maximum atomic E-state index is 12.5. The molecule has 0 atom stereocenters. The molecule has 1 saturated heterocycles. The summed E-state index contributed by atoms with van der Waals surface area (Å²) in [6.07, 6.45) is 1.56. The van der Waals surface area contributed by atoms with Gasteiger partial charge in [0.2, 0.25) is 0 Å². The van der Waals surface area contributed by atoms with E-state index in [1.165, 1.54) is 0 Å². The number of amides is 1. The summed E-state index contributed by atoms with van der Waals surface area (Å²) >= 11 is 0. The van der Waals surface area contributed by atoms with Gasteiger partial charge in [-0.05, 0) is 62.9 Å². The molecule has 1 aliphatic rings. The number of fused-ring (bicyclic) bond motifs is 1. The first kappa shape index (κ1) is 22.0. The molecule has 3 heterocycles. The van der Waals surface area contributed by atoms with Gasteiger partial charge in [-0.2, -0.15) is 0 Å². The number of carbonyl (C=O) groups is 1. The Morgan fingerprint density at radius 1 is 1.09 bits per heavy atom. The number of pyridine rings is 2. The van der Waals surface area contributed by atoms with Crippen LogP contribution in [0.15, 0.2) is 47.4 Å². The van der Waals surface area contributed by atoms with E-state index in [1.807, 2.05) is 70.3 Å². The molecule has 0 unspecified atom stereocenters. The highest BCUT2D eigenvalue weighted by Gasteiger charge is 2.25. The lowest BCUT2D eigenvalue weighted by Gasteiger charge is -2.35. The number of benzene rings is 1. The van der Waals surface area contributed by atoms with Crippen molar-refractivity contribution in [2.45, 2.75) is 39.8 Å². The molecule has 1 amide bonds. The number of ether oxygens (including phenoxy) is 1. The molecule has 0 radical (unpaired) electrons. The smallest absolute Gasteiger partial charge is 0.410 e. The number of aromatic nitrogens is 2. The van der Waals surface area contributed by atoms with E-state index in [-0.39, 0.29) is 11.7 Å². The topological polar surface area (TPSA) is 78.5 Å². The summed E-state index contributed by atoms with van der Waals surface area (Å²) in [5.74, 6) is 0. The van der Waals surface area contributed by atoms with Crippen LogP contribution in [-0.4, -0.2) is 57.6 Å². The van der Waals surface area contributed by atoms with Crippen molar-refractivity contribution in [3.8, 4) is 11.3 Å². The van der Waals surface area contributed by atoms with Gasteiger partial charge in [0, 0.05) is 49.9 Å². The van der Waals surface area contributed by atoms with Gasteiger partial charge >= 0.3 is 6.09 Å². The third-order valence-corrected chi connectivity index (χ3v) is 5.65. The van der Waals surface area contributed by atoms with Crippen molar-refractivity contribution in [1.82, 2.24) is 19.8 Å². The molecule has 3 aromatic rings. The Bertz CT molecular complexity index is 1170. The van der Waals surface area contributed by atoms with Crippen molar-refractivity contribution in [3.63, 3.8) is 0 Å². The fourth-order valence-electron chi connectivity index (χ4n) is 3.92. The molecule has 168 valence electrons. The molecule has 1 fully saturated rings. The minimum Gasteiger partial charge on any atom is -0.444 e. The Morgan fingerprint density at radius 2 is 1.84 bits per heavy atom. The summed E-state index contributed by atoms with van der Waals surface area (Å²) in [6.45, 7) is 11.2. The van der Waals surface area contributed by atoms with Gasteiger partial charge in [0.05, 0.1) is 11.4 Å². The number of rotatable bonds is 3. The fraction of sp³-hybridized carbons (Fsp3) is 0.400. The van der Waals surface area contributed by atoms with E-state index in [0.29, 0.717) is 18.5 Å². The Morgan fingerprint density at radius 3 is 2.50 bits per heavy atom. The average molecular weight is 435 g/mol. The molecular formula is C25H30N4O3. The average Bonchev–Trinajstić information content (AvgIpc) is 2.74. The lowest BCUT2D eigenvalue weighted by Crippen LogP contribution is -2.49. The predicted molar refractivity (Wildman–Crippen MR) is 126 cm³/mol. The number of hydrogen-bond acceptors (Lipinski definition) is 5. The molecule has 0 aliphatic carbocycles. The summed E-state index contributed by atoms with van der Waals surface area (Å²) in [5.41, 5.74) is 3.11. The molecule has 32 heavy (non-hydrogen) atoms. The van der Waals surface area contributed by atoms with Crippen LogP contribution in [0, 0.1) is 6.92 Å². The molecule has 1 aromatic carbocycles. The highest BCUT2D eigenvalue weighted by Crippen LogP contribution is 2.22. The molecular weight excluding hydrogens is 404 g/mol. The summed E-state index contributed by atoms with van der Waals surface area (Å²) in [4.78, 5) is 36.3. The molecule has 7 nitrogen and oxygen atoms in total. The van der Waals surface area contributed by atoms with Crippen molar-refractivity contribution in [2.24, 2.45) is 0 Å². The lowest BCUT2D eigenvalue weighted by molar-refractivity contribution is 0.0138. The molecule has 4 rings (SSSR count). The van der Waals surface area contributed by atoms with E-state index in [9.17, 15) is 9.59 Å². The van der Waals surface area contributed by atoms with Crippen molar-refractivity contribution >= 4 is 16.9 Å². The minimum atomic E-state index is -0.478. The molecule has 1 aliphatic heterocycles. The molecule has 0 saturated carbocycles. The number of nitrogens with one attached hydrogen (secondary N) is 1. The van der Waals surface area contributed by atoms with Gasteiger partial charge in [0.25, 0.3) is 5.56 Å². The number of aromatic amines is 1. The zero-order chi connectivity index (χ0) is 22.9. The number of piperazine rings is 1. The lowest BCUT2D eigenvalue weighted by atomic mass is 10.0. The summed E-state index contributed by atoms with van der Waals surface area (Å²) < 4.78 is 5.46. The highest BCUT2D eigenvalue weighted by atomic mass is 16.6. The van der Waals surface area contributed by atoms with E-state index in [2.05, 4.69) is 14.9 Å². The van der Waals surface area contributed by atoms with Gasteiger partial charge < -0.3 is 14.6 Å². The third kappa shape index (κ3) is 4.99. The summed E-state index contributed by atoms with van der Waals surface area (Å²) in [5, 5.41) is 1.65. The van der Waals surface area contributed by atoms with Crippen LogP contribution in [0.25, 0.3) is 22.0 Å². The second-order valence-electron chi connectivity index (χ2n) is 9.33. The first-order chi connectivity index (χ1) is 15.2. The van der Waals surface area contributed by atoms with Crippen LogP contribution >= 0.6 is 0 Å². The van der Waals surface area contributed by atoms with Crippen LogP contribution in [0.5, 0.6) is 0 Å². The number of aryl methyl sites for hydroxylation is 1. The molecule has 2 aromatic heterocycles. The van der Waals surface area contributed by atoms with E-state index in [0.717, 1.165) is 47.5 Å². The van der Waals surface area contributed by atoms with Crippen LogP contribution in [-0.2, 0) is 11.3 Å². The first-order valence-corrected chi connectivity index (χ1v) is 11.0. The van der Waals surface area contributed by atoms with Crippen LogP contribution < -0.4 is 5.56 Å². The third-order valence-electron chi connectivity index (χ3n) is 5.65. The van der Waals surface area contributed by atoms with Crippen LogP contribution in [0.3, 0.4) is 0 Å². The first-order valence-electron chi connectivity index (χ1n) is 11.0. The van der Waals surface area contributed by atoms with Crippen molar-refractivity contribution in [2.75, 3.05) is 26.2 Å². The Labute approximate surface area is 188 Å². The van der Waals surface area contributed by atoms with Gasteiger partial charge in [0.15, 0.2) is 0 Å². The Balaban J connectivity index is 1.40. The second-order valence-corrected chi connectivity index (χ2v) is 9.33. The predicted octanol–water partition coefficient (Wildman–Crippen LogP) is 3.95. The Hall–Kier alpha value is -3.19. The summed E-state index contributed by atoms with van der Waals surface area (Å²) in [6, 6.07) is 11.8. The monoisotopic (exact) mass is 434 g/mol. The van der Waals surface area contributed by atoms with Crippen LogP contribution in [0.2, 0.25) is 0 Å². The summed E-state index contributed by atoms with van der Waals surface area (Å²) in [7, 11) is 0. The molecule has 0 spiro atoms. The number of hydrogen-bond donors (Lipinski definition) is 1. The quantitative estimate of drug-likeness (QED) is 0.675. The van der Waals surface area contributed by atoms with Gasteiger partial charge in [-0.3, -0.25) is 14.7 Å². The second kappa shape index (κ2) is 8.74. The molecule has 7 heteroatoms. The van der Waals surface area contributed by atoms with E-state index in [1.54, 1.807) is 4.90 Å². The number of carbonyl (C=O) groups excluding carboxylic acids is 1. The van der Waals surface area contributed by atoms with Gasteiger partial charge in [0.1, 0.15) is 5.60 Å². The van der Waals surface area contributed by atoms with E-state index >= 15 is 0 Å². The van der Waals surface area contributed by atoms with Gasteiger partial charge in [-0.1, -0.05) is 12.1 Å². The zero-order valence-corrected chi connectivity index (χ0v) is 19.1. The van der Waals surface area contributed by atoms with Gasteiger partial charge in [-0.15, -0.1) is 0 Å². The number of nitrogens with zero attached hydrogens (tertiary/aromatic N) is 3. The fourth-order valence-corrected chi connectivity index (χ4v) is 3.92. The maximum Gasteiger partial charge on any atom is 0.410 e. The van der Waals surface area contributed by atoms with Gasteiger partial charge in [-0.25, -0.2) is 4.79 Å². The number of H-pyrrole nitrogens is 1. The minimum absolute atomic E-state index is 0.0897.